The number of fused-ring (bicyclic) bond motifs is 13. The molecule has 3 aliphatic rings. The Morgan fingerprint density at radius 1 is 0.595 bits per heavy atom. The molecule has 3 heterocycles. The van der Waals surface area contributed by atoms with Gasteiger partial charge in [-0.1, -0.05) is 84.9 Å². The molecule has 42 heavy (non-hydrogen) atoms. The molecule has 0 bridgehead atoms. The van der Waals surface area contributed by atoms with Crippen LogP contribution in [0.4, 0.5) is 0 Å². The van der Waals surface area contributed by atoms with Crippen molar-refractivity contribution in [2.75, 3.05) is 0 Å². The molecule has 1 unspecified atom stereocenters. The lowest BCUT2D eigenvalue weighted by Crippen LogP contribution is -2.41. The predicted molar refractivity (Wildman–Crippen MR) is 172 cm³/mol. The van der Waals surface area contributed by atoms with Crippen molar-refractivity contribution in [2.45, 2.75) is 44.3 Å². The number of ether oxygens (including phenoxy) is 1. The van der Waals surface area contributed by atoms with Gasteiger partial charge in [0.15, 0.2) is 0 Å². The van der Waals surface area contributed by atoms with Gasteiger partial charge in [0, 0.05) is 36.8 Å². The summed E-state index contributed by atoms with van der Waals surface area (Å²) in [6, 6.07) is 37.4. The van der Waals surface area contributed by atoms with E-state index >= 15 is 0 Å². The second-order valence-corrected chi connectivity index (χ2v) is 13.7. The number of hydrogen-bond acceptors (Lipinski definition) is 4. The highest BCUT2D eigenvalue weighted by Gasteiger charge is 2.56. The first-order valence-electron chi connectivity index (χ1n) is 14.6. The molecule has 1 aromatic heterocycles. The van der Waals surface area contributed by atoms with Gasteiger partial charge in [-0.2, -0.15) is 0 Å². The van der Waals surface area contributed by atoms with Gasteiger partial charge in [0.1, 0.15) is 11.5 Å². The second kappa shape index (κ2) is 8.14. The van der Waals surface area contributed by atoms with Gasteiger partial charge < -0.3 is 14.0 Å². The van der Waals surface area contributed by atoms with Crippen LogP contribution in [0.2, 0.25) is 0 Å². The summed E-state index contributed by atoms with van der Waals surface area (Å²) in [4.78, 5) is 0. The second-order valence-electron chi connectivity index (χ2n) is 12.7. The molecule has 9 rings (SSSR count). The highest BCUT2D eigenvalue weighted by Crippen LogP contribution is 2.63. The number of benzene rings is 5. The van der Waals surface area contributed by atoms with E-state index in [1.165, 1.54) is 42.4 Å². The quantitative estimate of drug-likeness (QED) is 0.187. The fourth-order valence-corrected chi connectivity index (χ4v) is 8.52. The molecule has 0 saturated carbocycles. The van der Waals surface area contributed by atoms with E-state index in [1.807, 2.05) is 11.3 Å². The van der Waals surface area contributed by atoms with Crippen LogP contribution in [-0.4, -0.2) is 18.3 Å². The molecule has 1 fully saturated rings. The maximum absolute atomic E-state index is 6.86. The van der Waals surface area contributed by atoms with E-state index in [-0.39, 0.29) is 0 Å². The Balaban J connectivity index is 1.41. The van der Waals surface area contributed by atoms with Gasteiger partial charge in [-0.3, -0.25) is 0 Å². The van der Waals surface area contributed by atoms with Crippen molar-refractivity contribution in [1.29, 1.82) is 0 Å². The van der Waals surface area contributed by atoms with Crippen molar-refractivity contribution in [2.24, 2.45) is 0 Å². The van der Waals surface area contributed by atoms with Gasteiger partial charge in [0.25, 0.3) is 0 Å². The SMILES string of the molecule is CC1(C)OB(c2cccc3c2Oc2ccccc2C32c3ccccc3-c3c2ccc2sc4ccccc4c32)OC1(C)C. The smallest absolute Gasteiger partial charge is 0.457 e. The van der Waals surface area contributed by atoms with Crippen LogP contribution in [0, 0.1) is 0 Å². The van der Waals surface area contributed by atoms with Gasteiger partial charge in [-0.15, -0.1) is 11.3 Å². The van der Waals surface area contributed by atoms with Crippen LogP contribution in [0.1, 0.15) is 49.9 Å². The highest BCUT2D eigenvalue weighted by molar-refractivity contribution is 7.26. The largest absolute Gasteiger partial charge is 0.498 e. The lowest BCUT2D eigenvalue weighted by molar-refractivity contribution is 0.00578. The van der Waals surface area contributed by atoms with Crippen molar-refractivity contribution in [3.05, 3.63) is 125 Å². The van der Waals surface area contributed by atoms with E-state index in [4.69, 9.17) is 14.0 Å². The number of thiophene rings is 1. The van der Waals surface area contributed by atoms with Crippen molar-refractivity contribution in [3.63, 3.8) is 0 Å². The summed E-state index contributed by atoms with van der Waals surface area (Å²) in [5, 5.41) is 2.65. The monoisotopic (exact) mass is 564 g/mol. The van der Waals surface area contributed by atoms with Gasteiger partial charge in [0.2, 0.25) is 0 Å². The maximum Gasteiger partial charge on any atom is 0.498 e. The fraction of sp³-hybridized carbons (Fsp3) is 0.189. The van der Waals surface area contributed by atoms with Crippen molar-refractivity contribution in [1.82, 2.24) is 0 Å². The lowest BCUT2D eigenvalue weighted by Gasteiger charge is -2.40. The van der Waals surface area contributed by atoms with Crippen LogP contribution < -0.4 is 10.2 Å². The van der Waals surface area contributed by atoms with E-state index in [1.54, 1.807) is 0 Å². The van der Waals surface area contributed by atoms with Crippen molar-refractivity contribution >= 4 is 44.1 Å². The molecule has 0 amide bonds. The molecule has 2 aliphatic heterocycles. The summed E-state index contributed by atoms with van der Waals surface area (Å²) in [6.45, 7) is 8.39. The Hall–Kier alpha value is -3.90. The van der Waals surface area contributed by atoms with E-state index in [2.05, 4.69) is 131 Å². The van der Waals surface area contributed by atoms with Crippen LogP contribution in [0.5, 0.6) is 11.5 Å². The van der Waals surface area contributed by atoms with Gasteiger partial charge in [0.05, 0.1) is 16.6 Å². The summed E-state index contributed by atoms with van der Waals surface area (Å²) in [5.41, 5.74) is 6.93. The molecular formula is C37H29BO3S. The molecule has 3 nitrogen and oxygen atoms in total. The third kappa shape index (κ3) is 2.94. The van der Waals surface area contributed by atoms with Crippen LogP contribution in [0.3, 0.4) is 0 Å². The third-order valence-corrected chi connectivity index (χ3v) is 11.1. The highest BCUT2D eigenvalue weighted by atomic mass is 32.1. The van der Waals surface area contributed by atoms with Gasteiger partial charge in [-0.25, -0.2) is 0 Å². The van der Waals surface area contributed by atoms with E-state index in [9.17, 15) is 0 Å². The van der Waals surface area contributed by atoms with Crippen LogP contribution in [-0.2, 0) is 14.7 Å². The van der Waals surface area contributed by atoms with Gasteiger partial charge >= 0.3 is 7.12 Å². The maximum atomic E-state index is 6.86. The fourth-order valence-electron chi connectivity index (χ4n) is 7.40. The molecule has 1 spiro atoms. The Labute approximate surface area is 249 Å². The average molecular weight is 565 g/mol. The Kier molecular flexibility index (Phi) is 4.78. The zero-order valence-corrected chi connectivity index (χ0v) is 24.8. The predicted octanol–water partition coefficient (Wildman–Crippen LogP) is 8.82. The first-order chi connectivity index (χ1) is 20.3. The minimum absolute atomic E-state index is 0.456. The number of hydrogen-bond donors (Lipinski definition) is 0. The van der Waals surface area contributed by atoms with Crippen LogP contribution >= 0.6 is 11.3 Å². The molecule has 1 saturated heterocycles. The molecule has 0 radical (unpaired) electrons. The molecule has 1 atom stereocenters. The summed E-state index contributed by atoms with van der Waals surface area (Å²) in [5.74, 6) is 1.69. The molecule has 5 aromatic carbocycles. The Bertz CT molecular complexity index is 2090. The Morgan fingerprint density at radius 2 is 1.29 bits per heavy atom. The minimum Gasteiger partial charge on any atom is -0.457 e. The normalized spacial score (nSPS) is 20.8. The van der Waals surface area contributed by atoms with Crippen molar-refractivity contribution < 1.29 is 14.0 Å². The first-order valence-corrected chi connectivity index (χ1v) is 15.4. The van der Waals surface area contributed by atoms with Crippen LogP contribution in [0.25, 0.3) is 31.3 Å². The third-order valence-electron chi connectivity index (χ3n) is 10.0. The summed E-state index contributed by atoms with van der Waals surface area (Å²) < 4.78 is 22.7. The van der Waals surface area contributed by atoms with Gasteiger partial charge in [-0.05, 0) is 68.1 Å². The van der Waals surface area contributed by atoms with E-state index < -0.39 is 23.7 Å². The Morgan fingerprint density at radius 3 is 2.12 bits per heavy atom. The molecular weight excluding hydrogens is 535 g/mol. The number of rotatable bonds is 1. The number of para-hydroxylation sites is 2. The molecule has 1 aliphatic carbocycles. The average Bonchev–Trinajstić information content (AvgIpc) is 3.58. The topological polar surface area (TPSA) is 27.7 Å². The summed E-state index contributed by atoms with van der Waals surface area (Å²) in [7, 11) is -0.535. The van der Waals surface area contributed by atoms with Crippen molar-refractivity contribution in [3.8, 4) is 22.6 Å². The molecule has 5 heteroatoms. The zero-order chi connectivity index (χ0) is 28.4. The molecule has 6 aromatic rings. The summed E-state index contributed by atoms with van der Waals surface area (Å²) >= 11 is 1.87. The van der Waals surface area contributed by atoms with E-state index in [0.29, 0.717) is 0 Å². The zero-order valence-electron chi connectivity index (χ0n) is 24.0. The summed E-state index contributed by atoms with van der Waals surface area (Å²) in [6.07, 6.45) is 0. The lowest BCUT2D eigenvalue weighted by atomic mass is 9.64. The van der Waals surface area contributed by atoms with E-state index in [0.717, 1.165) is 28.1 Å². The van der Waals surface area contributed by atoms with Crippen LogP contribution in [0.15, 0.2) is 103 Å². The minimum atomic E-state index is -0.549. The molecule has 204 valence electrons. The molecule has 0 N–H and O–H groups in total. The standard InChI is InChI=1S/C37H29BO3S/c1-35(2)36(3,4)41-38(40-35)28-17-11-16-27-34(28)39-29-18-9-8-15-25(29)37(27)24-14-7-5-12-22(24)32-26(37)20-21-31-33(32)23-13-6-10-19-30(23)42-31/h5-21H,1-4H3. The first kappa shape index (κ1) is 24.7.